The minimum absolute atomic E-state index is 0.0378. The Kier molecular flexibility index (Phi) is 5.12. The van der Waals surface area contributed by atoms with Crippen LogP contribution in [-0.2, 0) is 16.1 Å². The first-order valence-corrected chi connectivity index (χ1v) is 9.52. The van der Waals surface area contributed by atoms with Crippen molar-refractivity contribution in [3.8, 4) is 11.5 Å². The molecule has 1 atom stereocenters. The van der Waals surface area contributed by atoms with E-state index in [-0.39, 0.29) is 24.8 Å². The summed E-state index contributed by atoms with van der Waals surface area (Å²) in [4.78, 5) is 35.5. The second-order valence-electron chi connectivity index (χ2n) is 7.22. The Balaban J connectivity index is 1.43. The maximum atomic E-state index is 12.7. The molecule has 4 rings (SSSR count). The molecule has 1 N–H and O–H groups in total. The number of nitrogens with one attached hydrogen (secondary N) is 1. The lowest BCUT2D eigenvalue weighted by Gasteiger charge is -2.18. The van der Waals surface area contributed by atoms with Crippen LogP contribution in [-0.4, -0.2) is 28.3 Å². The van der Waals surface area contributed by atoms with Crippen LogP contribution in [0.15, 0.2) is 53.4 Å². The van der Waals surface area contributed by atoms with Gasteiger partial charge in [0.1, 0.15) is 5.69 Å². The summed E-state index contributed by atoms with van der Waals surface area (Å²) >= 11 is 0. The molecule has 0 spiro atoms. The normalized spacial score (nSPS) is 16.3. The Labute approximate surface area is 168 Å². The van der Waals surface area contributed by atoms with E-state index in [0.29, 0.717) is 23.7 Å². The Hall–Kier alpha value is -3.48. The van der Waals surface area contributed by atoms with Gasteiger partial charge in [-0.05, 0) is 49.2 Å². The maximum absolute atomic E-state index is 12.7. The largest absolute Gasteiger partial charge is 0.463 e. The zero-order valence-electron chi connectivity index (χ0n) is 16.4. The summed E-state index contributed by atoms with van der Waals surface area (Å²) in [5.41, 5.74) is 4.34. The average molecular weight is 390 g/mol. The quantitative estimate of drug-likeness (QED) is 0.723. The van der Waals surface area contributed by atoms with E-state index in [2.05, 4.69) is 15.3 Å². The lowest BCUT2D eigenvalue weighted by molar-refractivity contribution is -0.126. The lowest BCUT2D eigenvalue weighted by Crippen LogP contribution is -2.33. The number of rotatable bonds is 5. The van der Waals surface area contributed by atoms with E-state index in [0.717, 1.165) is 11.3 Å². The molecule has 1 saturated heterocycles. The molecule has 1 aliphatic rings. The van der Waals surface area contributed by atoms with E-state index in [1.165, 1.54) is 5.56 Å². The molecule has 0 saturated carbocycles. The lowest BCUT2D eigenvalue weighted by atomic mass is 10.1. The summed E-state index contributed by atoms with van der Waals surface area (Å²) in [6.45, 7) is 4.64. The van der Waals surface area contributed by atoms with Crippen molar-refractivity contribution in [1.29, 1.82) is 0 Å². The third-order valence-electron chi connectivity index (χ3n) is 5.26. The monoisotopic (exact) mass is 390 g/mol. The molecule has 7 heteroatoms. The molecule has 3 aromatic rings. The van der Waals surface area contributed by atoms with Gasteiger partial charge in [-0.1, -0.05) is 6.07 Å². The van der Waals surface area contributed by atoms with Crippen LogP contribution in [0.2, 0.25) is 0 Å². The van der Waals surface area contributed by atoms with Gasteiger partial charge in [0.2, 0.25) is 11.8 Å². The van der Waals surface area contributed by atoms with E-state index in [1.807, 2.05) is 32.0 Å². The van der Waals surface area contributed by atoms with Crippen LogP contribution in [0, 0.1) is 19.8 Å². The second-order valence-corrected chi connectivity index (χ2v) is 7.22. The van der Waals surface area contributed by atoms with E-state index in [9.17, 15) is 9.59 Å². The van der Waals surface area contributed by atoms with Crippen LogP contribution in [0.25, 0.3) is 11.5 Å². The van der Waals surface area contributed by atoms with Gasteiger partial charge in [0.05, 0.1) is 24.4 Å². The highest BCUT2D eigenvalue weighted by molar-refractivity contribution is 6.00. The Bertz CT molecular complexity index is 1050. The number of aromatic nitrogens is 2. The van der Waals surface area contributed by atoms with Crippen molar-refractivity contribution in [3.05, 3.63) is 65.8 Å². The first-order chi connectivity index (χ1) is 14.0. The molecule has 1 aromatic carbocycles. The number of hydrogen-bond donors (Lipinski definition) is 1. The van der Waals surface area contributed by atoms with Crippen LogP contribution in [0.1, 0.15) is 23.2 Å². The molecule has 0 unspecified atom stereocenters. The zero-order chi connectivity index (χ0) is 20.4. The van der Waals surface area contributed by atoms with Crippen LogP contribution in [0.4, 0.5) is 5.69 Å². The highest BCUT2D eigenvalue weighted by Gasteiger charge is 2.35. The highest BCUT2D eigenvalue weighted by atomic mass is 16.3. The predicted molar refractivity (Wildman–Crippen MR) is 108 cm³/mol. The summed E-state index contributed by atoms with van der Waals surface area (Å²) in [5, 5.41) is 2.89. The molecule has 7 nitrogen and oxygen atoms in total. The minimum atomic E-state index is -0.396. The summed E-state index contributed by atoms with van der Waals surface area (Å²) in [6.07, 6.45) is 4.93. The smallest absolute Gasteiger partial charge is 0.227 e. The number of hydrogen-bond acceptors (Lipinski definition) is 5. The molecule has 2 amide bonds. The third kappa shape index (κ3) is 3.89. The molecule has 29 heavy (non-hydrogen) atoms. The van der Waals surface area contributed by atoms with E-state index >= 15 is 0 Å². The summed E-state index contributed by atoms with van der Waals surface area (Å²) in [7, 11) is 0. The number of furan rings is 1. The molecule has 0 bridgehead atoms. The van der Waals surface area contributed by atoms with Crippen LogP contribution < -0.4 is 10.2 Å². The molecule has 2 aromatic heterocycles. The number of carbonyl (C=O) groups is 2. The first kappa shape index (κ1) is 18.9. The number of amides is 2. The van der Waals surface area contributed by atoms with Gasteiger partial charge in [0.15, 0.2) is 5.76 Å². The van der Waals surface area contributed by atoms with Gasteiger partial charge >= 0.3 is 0 Å². The number of anilines is 1. The molecule has 148 valence electrons. The zero-order valence-corrected chi connectivity index (χ0v) is 16.4. The van der Waals surface area contributed by atoms with E-state index in [1.54, 1.807) is 35.7 Å². The van der Waals surface area contributed by atoms with Crippen molar-refractivity contribution in [1.82, 2.24) is 15.3 Å². The van der Waals surface area contributed by atoms with Gasteiger partial charge in [0, 0.05) is 31.0 Å². The van der Waals surface area contributed by atoms with E-state index < -0.39 is 5.92 Å². The van der Waals surface area contributed by atoms with Gasteiger partial charge in [0.25, 0.3) is 0 Å². The van der Waals surface area contributed by atoms with Gasteiger partial charge in [-0.25, -0.2) is 4.98 Å². The Morgan fingerprint density at radius 3 is 2.79 bits per heavy atom. The van der Waals surface area contributed by atoms with Gasteiger partial charge in [-0.3, -0.25) is 14.6 Å². The number of carbonyl (C=O) groups excluding carboxylic acids is 2. The fourth-order valence-corrected chi connectivity index (χ4v) is 3.46. The maximum Gasteiger partial charge on any atom is 0.227 e. The number of nitrogens with zero attached hydrogens (tertiary/aromatic N) is 3. The molecule has 0 aliphatic carbocycles. The summed E-state index contributed by atoms with van der Waals surface area (Å²) in [5.74, 6) is -0.00272. The Morgan fingerprint density at radius 1 is 1.21 bits per heavy atom. The van der Waals surface area contributed by atoms with Gasteiger partial charge < -0.3 is 14.6 Å². The van der Waals surface area contributed by atoms with Crippen molar-refractivity contribution >= 4 is 17.5 Å². The van der Waals surface area contributed by atoms with Crippen molar-refractivity contribution in [2.75, 3.05) is 11.4 Å². The van der Waals surface area contributed by atoms with E-state index in [4.69, 9.17) is 4.42 Å². The average Bonchev–Trinajstić information content (AvgIpc) is 3.38. The second kappa shape index (κ2) is 7.87. The van der Waals surface area contributed by atoms with Crippen LogP contribution in [0.3, 0.4) is 0 Å². The minimum Gasteiger partial charge on any atom is -0.463 e. The Morgan fingerprint density at radius 2 is 2.03 bits per heavy atom. The standard InChI is InChI=1S/C22H22N4O3/c1-14-5-6-17(10-15(14)2)26-13-16(11-20(26)27)22(28)25-12-18-21(24-8-7-23-18)19-4-3-9-29-19/h3-10,16H,11-13H2,1-2H3,(H,25,28)/t16-/m1/s1. The summed E-state index contributed by atoms with van der Waals surface area (Å²) in [6, 6.07) is 9.48. The van der Waals surface area contributed by atoms with Crippen molar-refractivity contribution in [2.45, 2.75) is 26.8 Å². The van der Waals surface area contributed by atoms with Gasteiger partial charge in [-0.15, -0.1) is 0 Å². The van der Waals surface area contributed by atoms with Crippen LogP contribution in [0.5, 0.6) is 0 Å². The molecule has 1 aliphatic heterocycles. The number of benzene rings is 1. The molecule has 3 heterocycles. The molecule has 0 radical (unpaired) electrons. The molecular formula is C22H22N4O3. The fraction of sp³-hybridized carbons (Fsp3) is 0.273. The van der Waals surface area contributed by atoms with Crippen molar-refractivity contribution in [3.63, 3.8) is 0 Å². The SMILES string of the molecule is Cc1ccc(N2C[C@H](C(=O)NCc3nccnc3-c3ccco3)CC2=O)cc1C. The van der Waals surface area contributed by atoms with Crippen LogP contribution >= 0.6 is 0 Å². The third-order valence-corrected chi connectivity index (χ3v) is 5.26. The summed E-state index contributed by atoms with van der Waals surface area (Å²) < 4.78 is 5.40. The molecule has 1 fully saturated rings. The molecular weight excluding hydrogens is 368 g/mol. The number of aryl methyl sites for hydroxylation is 2. The predicted octanol–water partition coefficient (Wildman–Crippen LogP) is 3.02. The van der Waals surface area contributed by atoms with Crippen molar-refractivity contribution < 1.29 is 14.0 Å². The topological polar surface area (TPSA) is 88.3 Å². The highest BCUT2D eigenvalue weighted by Crippen LogP contribution is 2.27. The fourth-order valence-electron chi connectivity index (χ4n) is 3.46. The van der Waals surface area contributed by atoms with Crippen molar-refractivity contribution in [2.24, 2.45) is 5.92 Å². The van der Waals surface area contributed by atoms with Gasteiger partial charge in [-0.2, -0.15) is 0 Å². The first-order valence-electron chi connectivity index (χ1n) is 9.52.